The van der Waals surface area contributed by atoms with Gasteiger partial charge in [0.05, 0.1) is 0 Å². The molecule has 0 aliphatic carbocycles. The molecule has 1 rings (SSSR count). The minimum absolute atomic E-state index is 0. The highest BCUT2D eigenvalue weighted by molar-refractivity contribution is 5.85. The van der Waals surface area contributed by atoms with Gasteiger partial charge in [-0.15, -0.1) is 12.4 Å². The molecule has 0 radical (unpaired) electrons. The smallest absolute Gasteiger partial charge is 0.282 e. The van der Waals surface area contributed by atoms with Crippen molar-refractivity contribution in [2.24, 2.45) is 0 Å². The molecule has 0 aromatic heterocycles. The Bertz CT molecular complexity index is 557. The zero-order valence-corrected chi connectivity index (χ0v) is 22.1. The highest BCUT2D eigenvalue weighted by Crippen LogP contribution is 2.21. The van der Waals surface area contributed by atoms with Gasteiger partial charge < -0.3 is 24.8 Å². The van der Waals surface area contributed by atoms with Crippen molar-refractivity contribution in [2.75, 3.05) is 41.0 Å². The molecule has 0 atom stereocenters. The summed E-state index contributed by atoms with van der Waals surface area (Å²) < 4.78 is 16.0. The van der Waals surface area contributed by atoms with E-state index in [0.29, 0.717) is 0 Å². The highest BCUT2D eigenvalue weighted by Gasteiger charge is 2.28. The molecule has 0 amide bonds. The van der Waals surface area contributed by atoms with E-state index in [2.05, 4.69) is 41.5 Å². The molecule has 0 saturated heterocycles. The van der Waals surface area contributed by atoms with Crippen LogP contribution < -0.4 is 10.6 Å². The summed E-state index contributed by atoms with van der Waals surface area (Å²) in [5, 5.41) is 7.03. The van der Waals surface area contributed by atoms with Crippen LogP contribution in [0.3, 0.4) is 0 Å². The van der Waals surface area contributed by atoms with Gasteiger partial charge in [0.15, 0.2) is 0 Å². The standard InChI is InChI=1S/C27H48N2O3.ClH/c1-5-25-16-18-26(19-17-25)24-29-23-22-28-21-15-13-11-9-7-6-8-10-12-14-20-27(30-2,31-3)32-4;/h5,16-19,28-29H,1,6-15,20-24H2,2-4H3;1H. The first-order valence-electron chi connectivity index (χ1n) is 12.5. The Morgan fingerprint density at radius 3 is 1.70 bits per heavy atom. The molecule has 1 aromatic rings. The summed E-state index contributed by atoms with van der Waals surface area (Å²) in [6.07, 6.45) is 15.6. The lowest BCUT2D eigenvalue weighted by atomic mass is 10.1. The van der Waals surface area contributed by atoms with Crippen LogP contribution in [0.25, 0.3) is 6.08 Å². The molecule has 0 spiro atoms. The Balaban J connectivity index is 0.0000102. The van der Waals surface area contributed by atoms with E-state index in [1.165, 1.54) is 68.9 Å². The quantitative estimate of drug-likeness (QED) is 0.149. The van der Waals surface area contributed by atoms with E-state index >= 15 is 0 Å². The molecule has 0 aliphatic rings. The van der Waals surface area contributed by atoms with E-state index in [4.69, 9.17) is 14.2 Å². The molecule has 192 valence electrons. The van der Waals surface area contributed by atoms with Crippen molar-refractivity contribution >= 4 is 18.5 Å². The first-order chi connectivity index (χ1) is 15.7. The minimum atomic E-state index is -0.857. The number of methoxy groups -OCH3 is 3. The lowest BCUT2D eigenvalue weighted by Crippen LogP contribution is -2.35. The third-order valence-corrected chi connectivity index (χ3v) is 6.04. The monoisotopic (exact) mass is 484 g/mol. The Morgan fingerprint density at radius 2 is 1.18 bits per heavy atom. The number of ether oxygens (including phenoxy) is 3. The average molecular weight is 485 g/mol. The second kappa shape index (κ2) is 21.6. The Kier molecular flexibility index (Phi) is 21.0. The van der Waals surface area contributed by atoms with Gasteiger partial charge in [-0.2, -0.15) is 0 Å². The van der Waals surface area contributed by atoms with Gasteiger partial charge in [-0.1, -0.05) is 88.3 Å². The topological polar surface area (TPSA) is 51.8 Å². The van der Waals surface area contributed by atoms with Crippen molar-refractivity contribution in [3.05, 3.63) is 42.0 Å². The number of halogens is 1. The number of unbranched alkanes of at least 4 members (excludes halogenated alkanes) is 9. The van der Waals surface area contributed by atoms with Gasteiger partial charge in [0, 0.05) is 47.4 Å². The van der Waals surface area contributed by atoms with Gasteiger partial charge in [-0.05, 0) is 30.5 Å². The lowest BCUT2D eigenvalue weighted by molar-refractivity contribution is -0.355. The molecule has 0 fully saturated rings. The van der Waals surface area contributed by atoms with Gasteiger partial charge in [0.25, 0.3) is 5.97 Å². The second-order valence-corrected chi connectivity index (χ2v) is 8.45. The van der Waals surface area contributed by atoms with Crippen LogP contribution in [-0.4, -0.2) is 46.9 Å². The SMILES string of the molecule is C=Cc1ccc(CNCCNCCCCCCCCCCCCC(OC)(OC)OC)cc1.Cl. The fourth-order valence-electron chi connectivity index (χ4n) is 3.87. The first-order valence-corrected chi connectivity index (χ1v) is 12.5. The summed E-state index contributed by atoms with van der Waals surface area (Å²) in [4.78, 5) is 0. The van der Waals surface area contributed by atoms with Gasteiger partial charge >= 0.3 is 0 Å². The van der Waals surface area contributed by atoms with Crippen molar-refractivity contribution in [1.29, 1.82) is 0 Å². The van der Waals surface area contributed by atoms with Crippen LogP contribution in [0.4, 0.5) is 0 Å². The lowest BCUT2D eigenvalue weighted by Gasteiger charge is -2.28. The van der Waals surface area contributed by atoms with Gasteiger partial charge in [0.2, 0.25) is 0 Å². The molecule has 0 bridgehead atoms. The van der Waals surface area contributed by atoms with E-state index < -0.39 is 5.97 Å². The van der Waals surface area contributed by atoms with E-state index in [0.717, 1.165) is 39.0 Å². The first kappa shape index (κ1) is 32.0. The van der Waals surface area contributed by atoms with E-state index in [1.807, 2.05) is 6.08 Å². The number of hydrogen-bond donors (Lipinski definition) is 2. The minimum Gasteiger partial charge on any atom is -0.331 e. The highest BCUT2D eigenvalue weighted by atomic mass is 35.5. The Morgan fingerprint density at radius 1 is 0.697 bits per heavy atom. The Hall–Kier alpha value is -0.950. The van der Waals surface area contributed by atoms with Crippen LogP contribution in [0.1, 0.15) is 81.8 Å². The van der Waals surface area contributed by atoms with E-state index in [9.17, 15) is 0 Å². The van der Waals surface area contributed by atoms with E-state index in [-0.39, 0.29) is 12.4 Å². The molecule has 0 saturated carbocycles. The summed E-state index contributed by atoms with van der Waals surface area (Å²) in [5.41, 5.74) is 2.49. The normalized spacial score (nSPS) is 11.4. The Labute approximate surface area is 209 Å². The maximum absolute atomic E-state index is 5.33. The fraction of sp³-hybridized carbons (Fsp3) is 0.704. The molecule has 0 heterocycles. The average Bonchev–Trinajstić information content (AvgIpc) is 2.84. The molecule has 2 N–H and O–H groups in total. The van der Waals surface area contributed by atoms with Crippen LogP contribution in [0.2, 0.25) is 0 Å². The van der Waals surface area contributed by atoms with Crippen LogP contribution in [0.5, 0.6) is 0 Å². The second-order valence-electron chi connectivity index (χ2n) is 8.45. The molecule has 33 heavy (non-hydrogen) atoms. The molecular formula is C27H49ClN2O3. The maximum Gasteiger partial charge on any atom is 0.282 e. The summed E-state index contributed by atoms with van der Waals surface area (Å²) >= 11 is 0. The van der Waals surface area contributed by atoms with Crippen molar-refractivity contribution in [3.63, 3.8) is 0 Å². The van der Waals surface area contributed by atoms with Crippen molar-refractivity contribution in [2.45, 2.75) is 83.1 Å². The van der Waals surface area contributed by atoms with Crippen LogP contribution >= 0.6 is 12.4 Å². The predicted octanol–water partition coefficient (Wildman–Crippen LogP) is 6.31. The van der Waals surface area contributed by atoms with E-state index in [1.54, 1.807) is 21.3 Å². The zero-order valence-electron chi connectivity index (χ0n) is 21.3. The van der Waals surface area contributed by atoms with Crippen molar-refractivity contribution in [1.82, 2.24) is 10.6 Å². The van der Waals surface area contributed by atoms with Gasteiger partial charge in [-0.25, -0.2) is 0 Å². The molecular weight excluding hydrogens is 436 g/mol. The number of nitrogens with one attached hydrogen (secondary N) is 2. The third-order valence-electron chi connectivity index (χ3n) is 6.04. The molecule has 5 nitrogen and oxygen atoms in total. The summed E-state index contributed by atoms with van der Waals surface area (Å²) in [5.74, 6) is -0.857. The molecule has 0 unspecified atom stereocenters. The fourth-order valence-corrected chi connectivity index (χ4v) is 3.87. The number of benzene rings is 1. The van der Waals surface area contributed by atoms with Crippen LogP contribution in [-0.2, 0) is 20.8 Å². The number of rotatable bonds is 22. The molecule has 0 aliphatic heterocycles. The van der Waals surface area contributed by atoms with Gasteiger partial charge in [-0.3, -0.25) is 0 Å². The van der Waals surface area contributed by atoms with Crippen LogP contribution in [0, 0.1) is 0 Å². The zero-order chi connectivity index (χ0) is 23.3. The van der Waals surface area contributed by atoms with Crippen molar-refractivity contribution < 1.29 is 14.2 Å². The molecule has 1 aromatic carbocycles. The third kappa shape index (κ3) is 15.5. The number of hydrogen-bond acceptors (Lipinski definition) is 5. The summed E-state index contributed by atoms with van der Waals surface area (Å²) in [7, 11) is 4.89. The maximum atomic E-state index is 5.33. The van der Waals surface area contributed by atoms with Crippen LogP contribution in [0.15, 0.2) is 30.8 Å². The predicted molar refractivity (Wildman–Crippen MR) is 143 cm³/mol. The van der Waals surface area contributed by atoms with Gasteiger partial charge in [0.1, 0.15) is 0 Å². The summed E-state index contributed by atoms with van der Waals surface area (Å²) in [6.45, 7) is 7.88. The largest absolute Gasteiger partial charge is 0.331 e. The summed E-state index contributed by atoms with van der Waals surface area (Å²) in [6, 6.07) is 8.55. The van der Waals surface area contributed by atoms with Crippen molar-refractivity contribution in [3.8, 4) is 0 Å². The molecule has 6 heteroatoms.